The van der Waals surface area contributed by atoms with Gasteiger partial charge in [0.25, 0.3) is 5.91 Å². The molecule has 1 saturated heterocycles. The number of nitrogens with one attached hydrogen (secondary N) is 1. The lowest BCUT2D eigenvalue weighted by molar-refractivity contribution is -0.131. The van der Waals surface area contributed by atoms with E-state index in [4.69, 9.17) is 16.3 Å². The number of fused-ring (bicyclic) bond motifs is 1. The van der Waals surface area contributed by atoms with E-state index in [-0.39, 0.29) is 30.5 Å². The summed E-state index contributed by atoms with van der Waals surface area (Å²) < 4.78 is 8.49. The van der Waals surface area contributed by atoms with Crippen LogP contribution in [0.4, 0.5) is 5.69 Å². The predicted octanol–water partition coefficient (Wildman–Crippen LogP) is 2.35. The minimum Gasteiger partial charge on any atom is -0.496 e. The molecule has 11 nitrogen and oxygen atoms in total. The minimum absolute atomic E-state index is 0.0256. The predicted molar refractivity (Wildman–Crippen MR) is 132 cm³/mol. The Kier molecular flexibility index (Phi) is 6.57. The summed E-state index contributed by atoms with van der Waals surface area (Å²) in [4.78, 5) is 32.1. The molecule has 1 atom stereocenters. The highest BCUT2D eigenvalue weighted by Gasteiger charge is 2.27. The van der Waals surface area contributed by atoms with E-state index in [1.165, 1.54) is 22.5 Å². The van der Waals surface area contributed by atoms with Crippen LogP contribution < -0.4 is 10.1 Å². The molecule has 0 spiro atoms. The number of likely N-dealkylation sites (tertiary alicyclic amines) is 1. The summed E-state index contributed by atoms with van der Waals surface area (Å²) in [5, 5.41) is 21.5. The maximum Gasteiger partial charge on any atom is 0.261 e. The normalized spacial score (nSPS) is 15.4. The van der Waals surface area contributed by atoms with E-state index >= 15 is 0 Å². The topological polar surface area (TPSA) is 127 Å². The number of aliphatic hydroxyl groups excluding tert-OH is 1. The molecule has 3 aromatic heterocycles. The van der Waals surface area contributed by atoms with Crippen molar-refractivity contribution in [3.05, 3.63) is 59.6 Å². The quantitative estimate of drug-likeness (QED) is 0.391. The number of hydrogen-bond donors (Lipinski definition) is 2. The van der Waals surface area contributed by atoms with Crippen LogP contribution in [0.1, 0.15) is 16.8 Å². The second-order valence-corrected chi connectivity index (χ2v) is 8.95. The molecule has 5 rings (SSSR count). The molecule has 36 heavy (non-hydrogen) atoms. The lowest BCUT2D eigenvalue weighted by Gasteiger charge is -2.16. The molecule has 1 aromatic carbocycles. The molecule has 1 fully saturated rings. The first-order valence-corrected chi connectivity index (χ1v) is 11.7. The maximum absolute atomic E-state index is 13.2. The van der Waals surface area contributed by atoms with Crippen molar-refractivity contribution in [3.63, 3.8) is 0 Å². The molecule has 1 aliphatic rings. The van der Waals surface area contributed by atoms with Gasteiger partial charge >= 0.3 is 0 Å². The van der Waals surface area contributed by atoms with E-state index in [2.05, 4.69) is 20.5 Å². The van der Waals surface area contributed by atoms with Crippen molar-refractivity contribution < 1.29 is 19.4 Å². The lowest BCUT2D eigenvalue weighted by Crippen LogP contribution is -2.32. The summed E-state index contributed by atoms with van der Waals surface area (Å²) in [6, 6.07) is 6.81. The number of anilines is 1. The standard InChI is InChI=1S/C24H24ClN7O4/c1-36-20-4-3-16(25)9-17(20)22-19(28-24(35)18-10-27-32-7-2-6-26-23(18)32)12-31(29-22)13-21(34)30-8-5-15(11-30)14-33/h2-4,6-7,9-10,12,15,33H,5,8,11,13-14H2,1H3,(H,28,35). The number of methoxy groups -OCH3 is 1. The highest BCUT2D eigenvalue weighted by Crippen LogP contribution is 2.36. The van der Waals surface area contributed by atoms with Crippen LogP contribution in [0.5, 0.6) is 5.75 Å². The third kappa shape index (κ3) is 4.62. The van der Waals surface area contributed by atoms with E-state index < -0.39 is 5.91 Å². The highest BCUT2D eigenvalue weighted by atomic mass is 35.5. The Morgan fingerprint density at radius 3 is 2.97 bits per heavy atom. The second kappa shape index (κ2) is 9.96. The van der Waals surface area contributed by atoms with Crippen molar-refractivity contribution in [2.24, 2.45) is 5.92 Å². The lowest BCUT2D eigenvalue weighted by atomic mass is 10.1. The van der Waals surface area contributed by atoms with Crippen LogP contribution in [0, 0.1) is 5.92 Å². The molecule has 12 heteroatoms. The summed E-state index contributed by atoms with van der Waals surface area (Å²) >= 11 is 6.25. The van der Waals surface area contributed by atoms with Crippen LogP contribution in [0.15, 0.2) is 49.1 Å². The number of ether oxygens (including phenoxy) is 1. The zero-order chi connectivity index (χ0) is 25.2. The van der Waals surface area contributed by atoms with E-state index in [9.17, 15) is 14.7 Å². The van der Waals surface area contributed by atoms with Crippen molar-refractivity contribution in [3.8, 4) is 17.0 Å². The molecule has 186 valence electrons. The van der Waals surface area contributed by atoms with Crippen LogP contribution in [0.3, 0.4) is 0 Å². The molecular formula is C24H24ClN7O4. The van der Waals surface area contributed by atoms with Crippen LogP contribution in [0.2, 0.25) is 5.02 Å². The van der Waals surface area contributed by atoms with Gasteiger partial charge in [-0.1, -0.05) is 11.6 Å². The zero-order valence-corrected chi connectivity index (χ0v) is 20.2. The van der Waals surface area contributed by atoms with Crippen LogP contribution in [-0.2, 0) is 11.3 Å². The fourth-order valence-corrected chi connectivity index (χ4v) is 4.45. The van der Waals surface area contributed by atoms with Crippen molar-refractivity contribution in [1.29, 1.82) is 0 Å². The third-order valence-electron chi connectivity index (χ3n) is 6.14. The SMILES string of the molecule is COc1ccc(Cl)cc1-c1nn(CC(=O)N2CCC(CO)C2)cc1NC(=O)c1cnn2cccnc12. The van der Waals surface area contributed by atoms with Gasteiger partial charge < -0.3 is 20.1 Å². The van der Waals surface area contributed by atoms with Gasteiger partial charge in [-0.2, -0.15) is 10.2 Å². The maximum atomic E-state index is 13.2. The molecular weight excluding hydrogens is 486 g/mol. The number of carbonyl (C=O) groups is 2. The largest absolute Gasteiger partial charge is 0.496 e. The molecule has 0 saturated carbocycles. The first kappa shape index (κ1) is 23.8. The molecule has 2 N–H and O–H groups in total. The van der Waals surface area contributed by atoms with Crippen molar-refractivity contribution >= 4 is 34.7 Å². The first-order valence-electron chi connectivity index (χ1n) is 11.4. The fourth-order valence-electron chi connectivity index (χ4n) is 4.28. The van der Waals surface area contributed by atoms with Crippen LogP contribution in [-0.4, -0.2) is 73.0 Å². The Balaban J connectivity index is 1.48. The fraction of sp³-hybridized carbons (Fsp3) is 0.292. The Labute approximate surface area is 211 Å². The van der Waals surface area contributed by atoms with E-state index in [0.717, 1.165) is 6.42 Å². The van der Waals surface area contributed by atoms with Gasteiger partial charge in [0.15, 0.2) is 5.65 Å². The molecule has 2 amide bonds. The first-order chi connectivity index (χ1) is 17.5. The van der Waals surface area contributed by atoms with Crippen LogP contribution in [0.25, 0.3) is 16.9 Å². The number of benzene rings is 1. The molecule has 0 aliphatic carbocycles. The summed E-state index contributed by atoms with van der Waals surface area (Å²) in [5.74, 6) is 0.0477. The van der Waals surface area contributed by atoms with Gasteiger partial charge in [0, 0.05) is 54.8 Å². The van der Waals surface area contributed by atoms with Gasteiger partial charge in [0.05, 0.1) is 19.0 Å². The number of carbonyl (C=O) groups excluding carboxylic acids is 2. The van der Waals surface area contributed by atoms with Crippen molar-refractivity contribution in [2.75, 3.05) is 32.1 Å². The average Bonchev–Trinajstić information content (AvgIpc) is 3.62. The highest BCUT2D eigenvalue weighted by molar-refractivity contribution is 6.31. The van der Waals surface area contributed by atoms with E-state index in [1.54, 1.807) is 47.8 Å². The zero-order valence-electron chi connectivity index (χ0n) is 19.5. The van der Waals surface area contributed by atoms with Gasteiger partial charge in [0.2, 0.25) is 5.91 Å². The summed E-state index contributed by atoms with van der Waals surface area (Å²) in [6.45, 7) is 1.13. The van der Waals surface area contributed by atoms with Crippen molar-refractivity contribution in [2.45, 2.75) is 13.0 Å². The average molecular weight is 510 g/mol. The number of rotatable bonds is 7. The summed E-state index contributed by atoms with van der Waals surface area (Å²) in [7, 11) is 1.53. The Bertz CT molecular complexity index is 1430. The molecule has 0 bridgehead atoms. The smallest absolute Gasteiger partial charge is 0.261 e. The molecule has 4 aromatic rings. The van der Waals surface area contributed by atoms with Crippen LogP contribution >= 0.6 is 11.6 Å². The van der Waals surface area contributed by atoms with Gasteiger partial charge in [0.1, 0.15) is 23.6 Å². The number of aromatic nitrogens is 5. The molecule has 4 heterocycles. The van der Waals surface area contributed by atoms with E-state index in [1.807, 2.05) is 0 Å². The molecule has 0 radical (unpaired) electrons. The minimum atomic E-state index is -0.429. The number of nitrogens with zero attached hydrogens (tertiary/aromatic N) is 6. The number of halogens is 1. The molecule has 1 unspecified atom stereocenters. The second-order valence-electron chi connectivity index (χ2n) is 8.51. The van der Waals surface area contributed by atoms with Gasteiger partial charge in [-0.15, -0.1) is 0 Å². The number of amides is 2. The Morgan fingerprint density at radius 1 is 1.33 bits per heavy atom. The van der Waals surface area contributed by atoms with E-state index in [0.29, 0.717) is 46.5 Å². The number of hydrogen-bond acceptors (Lipinski definition) is 7. The third-order valence-corrected chi connectivity index (χ3v) is 6.38. The van der Waals surface area contributed by atoms with Gasteiger partial charge in [-0.25, -0.2) is 9.50 Å². The summed E-state index contributed by atoms with van der Waals surface area (Å²) in [5.41, 5.74) is 2.03. The Morgan fingerprint density at radius 2 is 2.19 bits per heavy atom. The monoisotopic (exact) mass is 509 g/mol. The molecule has 1 aliphatic heterocycles. The Hall–Kier alpha value is -3.96. The summed E-state index contributed by atoms with van der Waals surface area (Å²) in [6.07, 6.45) is 7.09. The van der Waals surface area contributed by atoms with Gasteiger partial charge in [-0.05, 0) is 30.7 Å². The number of aliphatic hydroxyl groups is 1. The van der Waals surface area contributed by atoms with Gasteiger partial charge in [-0.3, -0.25) is 14.3 Å². The van der Waals surface area contributed by atoms with Crippen molar-refractivity contribution in [1.82, 2.24) is 29.3 Å².